The summed E-state index contributed by atoms with van der Waals surface area (Å²) in [7, 11) is 0. The number of benzene rings is 3. The minimum Gasteiger partial charge on any atom is -0.330 e. The molecule has 0 spiro atoms. The fourth-order valence-corrected chi connectivity index (χ4v) is 3.67. The summed E-state index contributed by atoms with van der Waals surface area (Å²) in [6, 6.07) is 23.7. The minimum atomic E-state index is 0.709. The van der Waals surface area contributed by atoms with Crippen molar-refractivity contribution in [3.05, 3.63) is 72.3 Å². The second-order valence-electron chi connectivity index (χ2n) is 5.63. The molecule has 2 nitrogen and oxygen atoms in total. The molecule has 0 aromatic heterocycles. The summed E-state index contributed by atoms with van der Waals surface area (Å²) in [6.45, 7) is 3.81. The molecule has 3 aromatic rings. The van der Waals surface area contributed by atoms with Crippen LogP contribution in [0.5, 0.6) is 0 Å². The van der Waals surface area contributed by atoms with Crippen LogP contribution in [0.4, 0.5) is 5.69 Å². The van der Waals surface area contributed by atoms with Crippen molar-refractivity contribution in [1.29, 1.82) is 0 Å². The first-order valence-electron chi connectivity index (χ1n) is 7.98. The van der Waals surface area contributed by atoms with Crippen LogP contribution in [0, 0.1) is 6.92 Å². The number of nitrogens with zero attached hydrogens (tertiary/aromatic N) is 1. The number of nitrogens with two attached hydrogens (primary N) is 1. The Balaban J connectivity index is 1.87. The predicted molar refractivity (Wildman–Crippen MR) is 102 cm³/mol. The molecule has 0 saturated heterocycles. The Kier molecular flexibility index (Phi) is 5.21. The zero-order valence-corrected chi connectivity index (χ0v) is 14.2. The van der Waals surface area contributed by atoms with Gasteiger partial charge in [-0.2, -0.15) is 0 Å². The van der Waals surface area contributed by atoms with E-state index in [0.29, 0.717) is 6.54 Å². The van der Waals surface area contributed by atoms with Gasteiger partial charge in [0.25, 0.3) is 0 Å². The summed E-state index contributed by atoms with van der Waals surface area (Å²) in [5.41, 5.74) is 8.24. The third-order valence-corrected chi connectivity index (χ3v) is 4.97. The second kappa shape index (κ2) is 7.53. The van der Waals surface area contributed by atoms with Gasteiger partial charge in [-0.3, -0.25) is 0 Å². The average Bonchev–Trinajstić information content (AvgIpc) is 2.59. The molecule has 2 N–H and O–H groups in total. The molecule has 0 aliphatic carbocycles. The van der Waals surface area contributed by atoms with Crippen molar-refractivity contribution >= 4 is 28.4 Å². The van der Waals surface area contributed by atoms with Crippen molar-refractivity contribution in [3.63, 3.8) is 0 Å². The number of fused-ring (bicyclic) bond motifs is 1. The Hall–Kier alpha value is -1.97. The smallest absolute Gasteiger partial charge is 0.0473 e. The van der Waals surface area contributed by atoms with Gasteiger partial charge in [-0.05, 0) is 72.4 Å². The van der Waals surface area contributed by atoms with Crippen LogP contribution in [0.1, 0.15) is 12.0 Å². The Labute approximate surface area is 142 Å². The van der Waals surface area contributed by atoms with E-state index in [1.807, 2.05) is 6.07 Å². The van der Waals surface area contributed by atoms with Gasteiger partial charge in [0.05, 0.1) is 0 Å². The van der Waals surface area contributed by atoms with Gasteiger partial charge in [-0.15, -0.1) is 0 Å². The average molecular weight is 322 g/mol. The van der Waals surface area contributed by atoms with E-state index in [2.05, 4.69) is 71.9 Å². The lowest BCUT2D eigenvalue weighted by molar-refractivity contribution is 0.845. The van der Waals surface area contributed by atoms with Gasteiger partial charge in [0.15, 0.2) is 0 Å². The zero-order valence-electron chi connectivity index (χ0n) is 13.4. The number of aryl methyl sites for hydroxylation is 1. The van der Waals surface area contributed by atoms with Crippen LogP contribution in [-0.2, 0) is 0 Å². The standard InChI is InChI=1S/C20H22N2S/c1-16-7-5-8-17-15-19(11-12-20(16)17)23-22(14-6-13-21)18-9-3-2-4-10-18/h2-5,7-12,15H,6,13-14,21H2,1H3. The fraction of sp³-hybridized carbons (Fsp3) is 0.200. The van der Waals surface area contributed by atoms with Crippen molar-refractivity contribution in [2.45, 2.75) is 18.2 Å². The molecule has 118 valence electrons. The zero-order chi connectivity index (χ0) is 16.1. The van der Waals surface area contributed by atoms with E-state index >= 15 is 0 Å². The summed E-state index contributed by atoms with van der Waals surface area (Å²) >= 11 is 1.78. The molecule has 23 heavy (non-hydrogen) atoms. The lowest BCUT2D eigenvalue weighted by atomic mass is 10.1. The molecule has 0 radical (unpaired) electrons. The van der Waals surface area contributed by atoms with Crippen molar-refractivity contribution < 1.29 is 0 Å². The molecule has 3 aromatic carbocycles. The lowest BCUT2D eigenvalue weighted by Crippen LogP contribution is -2.18. The highest BCUT2D eigenvalue weighted by Gasteiger charge is 2.09. The molecular weight excluding hydrogens is 300 g/mol. The maximum absolute atomic E-state index is 5.70. The van der Waals surface area contributed by atoms with E-state index in [4.69, 9.17) is 5.73 Å². The Morgan fingerprint density at radius 1 is 0.957 bits per heavy atom. The molecule has 0 atom stereocenters. The lowest BCUT2D eigenvalue weighted by Gasteiger charge is -2.23. The quantitative estimate of drug-likeness (QED) is 0.647. The molecule has 3 rings (SSSR count). The molecule has 0 aliphatic heterocycles. The van der Waals surface area contributed by atoms with Gasteiger partial charge < -0.3 is 10.0 Å². The van der Waals surface area contributed by atoms with E-state index in [-0.39, 0.29) is 0 Å². The van der Waals surface area contributed by atoms with Crippen molar-refractivity contribution in [1.82, 2.24) is 0 Å². The van der Waals surface area contributed by atoms with E-state index in [1.165, 1.54) is 26.9 Å². The summed E-state index contributed by atoms with van der Waals surface area (Å²) in [5, 5.41) is 2.62. The molecule has 0 bridgehead atoms. The third kappa shape index (κ3) is 3.87. The van der Waals surface area contributed by atoms with Crippen LogP contribution in [0.2, 0.25) is 0 Å². The van der Waals surface area contributed by atoms with Gasteiger partial charge >= 0.3 is 0 Å². The highest BCUT2D eigenvalue weighted by Crippen LogP contribution is 2.31. The fourth-order valence-electron chi connectivity index (χ4n) is 2.66. The van der Waals surface area contributed by atoms with Crippen LogP contribution in [0.3, 0.4) is 0 Å². The molecular formula is C20H22N2S. The Bertz CT molecular complexity index is 771. The molecule has 0 unspecified atom stereocenters. The number of rotatable bonds is 6. The van der Waals surface area contributed by atoms with E-state index in [9.17, 15) is 0 Å². The number of para-hydroxylation sites is 1. The largest absolute Gasteiger partial charge is 0.330 e. The summed E-state index contributed by atoms with van der Waals surface area (Å²) in [6.07, 6.45) is 0.981. The van der Waals surface area contributed by atoms with Crippen LogP contribution >= 0.6 is 11.9 Å². The molecule has 0 heterocycles. The van der Waals surface area contributed by atoms with Gasteiger partial charge in [0.2, 0.25) is 0 Å². The van der Waals surface area contributed by atoms with Gasteiger partial charge in [0, 0.05) is 17.1 Å². The minimum absolute atomic E-state index is 0.709. The summed E-state index contributed by atoms with van der Waals surface area (Å²) in [5.74, 6) is 0. The van der Waals surface area contributed by atoms with E-state index in [1.54, 1.807) is 11.9 Å². The second-order valence-corrected chi connectivity index (χ2v) is 6.72. The monoisotopic (exact) mass is 322 g/mol. The summed E-state index contributed by atoms with van der Waals surface area (Å²) in [4.78, 5) is 1.25. The highest BCUT2D eigenvalue weighted by molar-refractivity contribution is 8.00. The van der Waals surface area contributed by atoms with Crippen LogP contribution in [0.25, 0.3) is 10.8 Å². The first-order valence-corrected chi connectivity index (χ1v) is 8.75. The molecule has 3 heteroatoms. The highest BCUT2D eigenvalue weighted by atomic mass is 32.2. The van der Waals surface area contributed by atoms with Gasteiger partial charge in [0.1, 0.15) is 0 Å². The number of hydrogen-bond acceptors (Lipinski definition) is 3. The topological polar surface area (TPSA) is 29.3 Å². The SMILES string of the molecule is Cc1cccc2cc(SN(CCCN)c3ccccc3)ccc12. The maximum Gasteiger partial charge on any atom is 0.0473 e. The van der Waals surface area contributed by atoms with Gasteiger partial charge in [-0.1, -0.05) is 42.5 Å². The predicted octanol–water partition coefficient (Wildman–Crippen LogP) is 5.01. The number of anilines is 1. The van der Waals surface area contributed by atoms with Crippen molar-refractivity contribution in [3.8, 4) is 0 Å². The van der Waals surface area contributed by atoms with Crippen LogP contribution in [0.15, 0.2) is 71.6 Å². The van der Waals surface area contributed by atoms with E-state index < -0.39 is 0 Å². The molecule has 0 amide bonds. The first-order chi connectivity index (χ1) is 11.3. The number of hydrogen-bond donors (Lipinski definition) is 1. The Morgan fingerprint density at radius 2 is 1.78 bits per heavy atom. The van der Waals surface area contributed by atoms with E-state index in [0.717, 1.165) is 13.0 Å². The van der Waals surface area contributed by atoms with Gasteiger partial charge in [-0.25, -0.2) is 0 Å². The van der Waals surface area contributed by atoms with Crippen molar-refractivity contribution in [2.75, 3.05) is 17.4 Å². The molecule has 0 fully saturated rings. The third-order valence-electron chi connectivity index (χ3n) is 3.89. The summed E-state index contributed by atoms with van der Waals surface area (Å²) < 4.78 is 2.32. The molecule has 0 saturated carbocycles. The maximum atomic E-state index is 5.70. The molecule has 0 aliphatic rings. The van der Waals surface area contributed by atoms with Crippen molar-refractivity contribution in [2.24, 2.45) is 5.73 Å². The Morgan fingerprint density at radius 3 is 2.57 bits per heavy atom. The van der Waals surface area contributed by atoms with Crippen LogP contribution < -0.4 is 10.0 Å². The first kappa shape index (κ1) is 15.9. The normalized spacial score (nSPS) is 10.9. The van der Waals surface area contributed by atoms with Crippen LogP contribution in [-0.4, -0.2) is 13.1 Å².